The Labute approximate surface area is 116 Å². The van der Waals surface area contributed by atoms with E-state index in [1.807, 2.05) is 12.5 Å². The maximum atomic E-state index is 4.21. The molecule has 3 nitrogen and oxygen atoms in total. The maximum Gasteiger partial charge on any atom is 0.0949 e. The van der Waals surface area contributed by atoms with Gasteiger partial charge in [-0.25, -0.2) is 4.98 Å². The quantitative estimate of drug-likeness (QED) is 0.904. The minimum atomic E-state index is 0.615. The van der Waals surface area contributed by atoms with Crippen molar-refractivity contribution in [1.82, 2.24) is 14.9 Å². The molecule has 0 aromatic carbocycles. The molecule has 0 amide bonds. The summed E-state index contributed by atoms with van der Waals surface area (Å²) < 4.78 is 2.31. The van der Waals surface area contributed by atoms with Gasteiger partial charge in [0.05, 0.1) is 6.33 Å². The number of nitrogens with one attached hydrogen (secondary N) is 1. The van der Waals surface area contributed by atoms with Crippen LogP contribution in [-0.4, -0.2) is 21.6 Å². The zero-order valence-electron chi connectivity index (χ0n) is 12.3. The second-order valence-electron chi connectivity index (χ2n) is 6.69. The molecule has 2 aliphatic rings. The average molecular weight is 261 g/mol. The molecule has 0 radical (unpaired) electrons. The van der Waals surface area contributed by atoms with Crippen molar-refractivity contribution in [3.8, 4) is 0 Å². The van der Waals surface area contributed by atoms with E-state index in [1.165, 1.54) is 38.5 Å². The minimum absolute atomic E-state index is 0.615. The Morgan fingerprint density at radius 3 is 2.47 bits per heavy atom. The molecule has 0 saturated heterocycles. The lowest BCUT2D eigenvalue weighted by atomic mass is 9.78. The monoisotopic (exact) mass is 261 g/mol. The van der Waals surface area contributed by atoms with Crippen LogP contribution in [0.15, 0.2) is 18.7 Å². The number of imidazole rings is 1. The zero-order chi connectivity index (χ0) is 13.2. The van der Waals surface area contributed by atoms with Gasteiger partial charge in [-0.05, 0) is 43.9 Å². The predicted molar refractivity (Wildman–Crippen MR) is 78.0 cm³/mol. The summed E-state index contributed by atoms with van der Waals surface area (Å²) in [6, 6.07) is 1.97. The summed E-state index contributed by atoms with van der Waals surface area (Å²) in [5, 5.41) is 4.01. The summed E-state index contributed by atoms with van der Waals surface area (Å²) in [5.74, 6) is 1.65. The van der Waals surface area contributed by atoms with Gasteiger partial charge >= 0.3 is 0 Å². The first kappa shape index (κ1) is 13.2. The van der Waals surface area contributed by atoms with Gasteiger partial charge in [0, 0.05) is 30.5 Å². The molecule has 1 aromatic rings. The first-order valence-electron chi connectivity index (χ1n) is 7.99. The summed E-state index contributed by atoms with van der Waals surface area (Å²) in [5.41, 5.74) is 0. The van der Waals surface area contributed by atoms with Crippen LogP contribution in [-0.2, 0) is 0 Å². The molecule has 2 aliphatic carbocycles. The van der Waals surface area contributed by atoms with Crippen molar-refractivity contribution < 1.29 is 0 Å². The van der Waals surface area contributed by atoms with E-state index in [2.05, 4.69) is 34.9 Å². The number of hydrogen-bond acceptors (Lipinski definition) is 2. The predicted octanol–water partition coefficient (Wildman–Crippen LogP) is 3.39. The molecule has 3 heteroatoms. The molecule has 1 aromatic heterocycles. The third kappa shape index (κ3) is 2.71. The average Bonchev–Trinajstić information content (AvgIpc) is 3.04. The SMILES string of the molecule is CC1CCCC(C)C1NC1CCCC1n1ccnc1. The van der Waals surface area contributed by atoms with Crippen molar-refractivity contribution >= 4 is 0 Å². The van der Waals surface area contributed by atoms with Crippen LogP contribution in [0.1, 0.15) is 58.4 Å². The highest BCUT2D eigenvalue weighted by Crippen LogP contribution is 2.34. The van der Waals surface area contributed by atoms with Crippen molar-refractivity contribution in [2.45, 2.75) is 70.5 Å². The lowest BCUT2D eigenvalue weighted by Crippen LogP contribution is -2.49. The molecule has 4 unspecified atom stereocenters. The smallest absolute Gasteiger partial charge is 0.0949 e. The van der Waals surface area contributed by atoms with Gasteiger partial charge in [-0.15, -0.1) is 0 Å². The first-order chi connectivity index (χ1) is 9.25. The third-order valence-electron chi connectivity index (χ3n) is 5.34. The molecule has 1 N–H and O–H groups in total. The van der Waals surface area contributed by atoms with E-state index in [0.717, 1.165) is 11.8 Å². The molecule has 0 bridgehead atoms. The summed E-state index contributed by atoms with van der Waals surface area (Å²) in [6.07, 6.45) is 14.2. The number of aromatic nitrogens is 2. The van der Waals surface area contributed by atoms with Gasteiger partial charge in [0.15, 0.2) is 0 Å². The standard InChI is InChI=1S/C16H27N3/c1-12-5-3-6-13(2)16(12)18-14-7-4-8-15(14)19-10-9-17-11-19/h9-16,18H,3-8H2,1-2H3. The third-order valence-corrected chi connectivity index (χ3v) is 5.34. The van der Waals surface area contributed by atoms with Gasteiger partial charge in [-0.3, -0.25) is 0 Å². The van der Waals surface area contributed by atoms with Gasteiger partial charge in [0.1, 0.15) is 0 Å². The van der Waals surface area contributed by atoms with Crippen molar-refractivity contribution in [3.05, 3.63) is 18.7 Å². The second kappa shape index (κ2) is 5.66. The molecule has 1 heterocycles. The fraction of sp³-hybridized carbons (Fsp3) is 0.812. The fourth-order valence-corrected chi connectivity index (χ4v) is 4.21. The van der Waals surface area contributed by atoms with Crippen molar-refractivity contribution in [3.63, 3.8) is 0 Å². The van der Waals surface area contributed by atoms with E-state index in [0.29, 0.717) is 18.1 Å². The van der Waals surface area contributed by atoms with Gasteiger partial charge in [-0.2, -0.15) is 0 Å². The fourth-order valence-electron chi connectivity index (χ4n) is 4.21. The van der Waals surface area contributed by atoms with Crippen LogP contribution in [0.3, 0.4) is 0 Å². The number of rotatable bonds is 3. The molecule has 3 rings (SSSR count). The van der Waals surface area contributed by atoms with Crippen LogP contribution in [0.4, 0.5) is 0 Å². The molecular formula is C16H27N3. The molecule has 0 aliphatic heterocycles. The van der Waals surface area contributed by atoms with E-state index in [-0.39, 0.29) is 0 Å². The number of nitrogens with zero attached hydrogens (tertiary/aromatic N) is 2. The summed E-state index contributed by atoms with van der Waals surface area (Å²) in [6.45, 7) is 4.85. The van der Waals surface area contributed by atoms with E-state index >= 15 is 0 Å². The molecule has 0 spiro atoms. The molecule has 19 heavy (non-hydrogen) atoms. The van der Waals surface area contributed by atoms with Crippen molar-refractivity contribution in [2.24, 2.45) is 11.8 Å². The van der Waals surface area contributed by atoms with Gasteiger partial charge in [0.2, 0.25) is 0 Å². The molecule has 4 atom stereocenters. The number of hydrogen-bond donors (Lipinski definition) is 1. The van der Waals surface area contributed by atoms with Gasteiger partial charge in [-0.1, -0.05) is 20.3 Å². The Bertz CT molecular complexity index is 377. The topological polar surface area (TPSA) is 29.9 Å². The van der Waals surface area contributed by atoms with Crippen LogP contribution < -0.4 is 5.32 Å². The minimum Gasteiger partial charge on any atom is -0.333 e. The van der Waals surface area contributed by atoms with Crippen LogP contribution >= 0.6 is 0 Å². The van der Waals surface area contributed by atoms with Crippen LogP contribution in [0, 0.1) is 11.8 Å². The lowest BCUT2D eigenvalue weighted by Gasteiger charge is -2.38. The highest BCUT2D eigenvalue weighted by Gasteiger charge is 2.34. The molecule has 2 saturated carbocycles. The molecule has 106 valence electrons. The van der Waals surface area contributed by atoms with Gasteiger partial charge in [0.25, 0.3) is 0 Å². The maximum absolute atomic E-state index is 4.21. The van der Waals surface area contributed by atoms with Crippen LogP contribution in [0.25, 0.3) is 0 Å². The Morgan fingerprint density at radius 1 is 1.05 bits per heavy atom. The van der Waals surface area contributed by atoms with E-state index in [4.69, 9.17) is 0 Å². The largest absolute Gasteiger partial charge is 0.333 e. The normalized spacial score (nSPS) is 39.6. The first-order valence-corrected chi connectivity index (χ1v) is 7.99. The van der Waals surface area contributed by atoms with E-state index in [9.17, 15) is 0 Å². The molecular weight excluding hydrogens is 234 g/mol. The summed E-state index contributed by atoms with van der Waals surface area (Å²) in [4.78, 5) is 4.21. The Balaban J connectivity index is 1.68. The van der Waals surface area contributed by atoms with Gasteiger partial charge < -0.3 is 9.88 Å². The Morgan fingerprint density at radius 2 is 1.79 bits per heavy atom. The van der Waals surface area contributed by atoms with Crippen LogP contribution in [0.5, 0.6) is 0 Å². The van der Waals surface area contributed by atoms with Crippen LogP contribution in [0.2, 0.25) is 0 Å². The Hall–Kier alpha value is -0.830. The van der Waals surface area contributed by atoms with E-state index < -0.39 is 0 Å². The zero-order valence-corrected chi connectivity index (χ0v) is 12.3. The Kier molecular flexibility index (Phi) is 3.92. The van der Waals surface area contributed by atoms with E-state index in [1.54, 1.807) is 0 Å². The lowest BCUT2D eigenvalue weighted by molar-refractivity contribution is 0.181. The summed E-state index contributed by atoms with van der Waals surface area (Å²) >= 11 is 0. The highest BCUT2D eigenvalue weighted by molar-refractivity contribution is 4.95. The highest BCUT2D eigenvalue weighted by atomic mass is 15.1. The van der Waals surface area contributed by atoms with Crippen molar-refractivity contribution in [2.75, 3.05) is 0 Å². The molecule has 2 fully saturated rings. The summed E-state index contributed by atoms with van der Waals surface area (Å²) in [7, 11) is 0. The second-order valence-corrected chi connectivity index (χ2v) is 6.69. The van der Waals surface area contributed by atoms with Crippen molar-refractivity contribution in [1.29, 1.82) is 0 Å².